The average molecular weight is 386 g/mol. The second-order valence-electron chi connectivity index (χ2n) is 4.91. The highest BCUT2D eigenvalue weighted by atomic mass is 127. The van der Waals surface area contributed by atoms with Crippen LogP contribution >= 0.6 is 22.6 Å². The molecule has 1 atom stereocenters. The van der Waals surface area contributed by atoms with Crippen molar-refractivity contribution in [2.45, 2.75) is 39.2 Å². The predicted molar refractivity (Wildman–Crippen MR) is 89.2 cm³/mol. The van der Waals surface area contributed by atoms with E-state index in [-0.39, 0.29) is 5.43 Å². The van der Waals surface area contributed by atoms with Crippen molar-refractivity contribution in [1.29, 1.82) is 0 Å². The lowest BCUT2D eigenvalue weighted by atomic mass is 10.2. The van der Waals surface area contributed by atoms with Crippen LogP contribution in [0, 0.1) is 3.57 Å². The van der Waals surface area contributed by atoms with Crippen LogP contribution in [0.1, 0.15) is 32.4 Å². The molecule has 0 aliphatic carbocycles. The topological polar surface area (TPSA) is 39.4 Å². The highest BCUT2D eigenvalue weighted by Gasteiger charge is 2.06. The Labute approximate surface area is 132 Å². The van der Waals surface area contributed by atoms with Gasteiger partial charge >= 0.3 is 0 Å². The summed E-state index contributed by atoms with van der Waals surface area (Å²) in [6, 6.07) is 7.26. The fraction of sp³-hybridized carbons (Fsp3) is 0.438. The highest BCUT2D eigenvalue weighted by Crippen LogP contribution is 2.16. The van der Waals surface area contributed by atoms with Gasteiger partial charge in [-0.25, -0.2) is 0 Å². The first kappa shape index (κ1) is 15.5. The average Bonchev–Trinajstić information content (AvgIpc) is 2.44. The molecular formula is C16H19IO3. The van der Waals surface area contributed by atoms with E-state index in [1.165, 1.54) is 0 Å². The third-order valence-corrected chi connectivity index (χ3v) is 3.96. The molecule has 0 saturated heterocycles. The van der Waals surface area contributed by atoms with Gasteiger partial charge in [-0.05, 0) is 60.6 Å². The summed E-state index contributed by atoms with van der Waals surface area (Å²) in [5.74, 6) is 0.733. The molecule has 0 radical (unpaired) electrons. The first-order valence-corrected chi connectivity index (χ1v) is 8.02. The fourth-order valence-corrected chi connectivity index (χ4v) is 2.44. The van der Waals surface area contributed by atoms with Crippen molar-refractivity contribution < 1.29 is 9.15 Å². The van der Waals surface area contributed by atoms with Crippen molar-refractivity contribution in [3.05, 3.63) is 43.8 Å². The van der Waals surface area contributed by atoms with Gasteiger partial charge in [0.05, 0.1) is 11.5 Å². The zero-order valence-corrected chi connectivity index (χ0v) is 14.0. The van der Waals surface area contributed by atoms with Gasteiger partial charge in [0.15, 0.2) is 5.43 Å². The van der Waals surface area contributed by atoms with Crippen molar-refractivity contribution in [3.63, 3.8) is 0 Å². The summed E-state index contributed by atoms with van der Waals surface area (Å²) in [5.41, 5.74) is 0.693. The highest BCUT2D eigenvalue weighted by molar-refractivity contribution is 14.1. The number of hydrogen-bond acceptors (Lipinski definition) is 3. The quantitative estimate of drug-likeness (QED) is 0.553. The predicted octanol–water partition coefficient (Wildman–Crippen LogP) is 4.15. The van der Waals surface area contributed by atoms with Gasteiger partial charge in [0.25, 0.3) is 0 Å². The molecule has 0 aliphatic rings. The number of rotatable bonds is 6. The van der Waals surface area contributed by atoms with Crippen molar-refractivity contribution in [2.24, 2.45) is 0 Å². The first-order valence-electron chi connectivity index (χ1n) is 6.94. The summed E-state index contributed by atoms with van der Waals surface area (Å²) in [6.45, 7) is 4.87. The lowest BCUT2D eigenvalue weighted by Gasteiger charge is -2.10. The van der Waals surface area contributed by atoms with Gasteiger partial charge in [-0.1, -0.05) is 6.92 Å². The summed E-state index contributed by atoms with van der Waals surface area (Å²) in [7, 11) is 0. The molecule has 1 heterocycles. The third kappa shape index (κ3) is 4.06. The van der Waals surface area contributed by atoms with Gasteiger partial charge in [0.2, 0.25) is 0 Å². The number of fused-ring (bicyclic) bond motifs is 1. The number of ether oxygens (including phenoxy) is 1. The van der Waals surface area contributed by atoms with E-state index in [1.54, 1.807) is 6.07 Å². The standard InChI is InChI=1S/C16H19IO3/c1-3-11(2)19-8-4-5-13-10-15(18)14-9-12(17)6-7-16(14)20-13/h6-7,9-11H,3-5,8H2,1-2H3. The van der Waals surface area contributed by atoms with Gasteiger partial charge in [-0.3, -0.25) is 4.79 Å². The van der Waals surface area contributed by atoms with Gasteiger partial charge in [-0.15, -0.1) is 0 Å². The molecular weight excluding hydrogens is 367 g/mol. The summed E-state index contributed by atoms with van der Waals surface area (Å²) in [6.07, 6.45) is 2.90. The Morgan fingerprint density at radius 1 is 1.35 bits per heavy atom. The molecule has 0 N–H and O–H groups in total. The molecule has 1 aromatic heterocycles. The van der Waals surface area contributed by atoms with Crippen LogP contribution in [-0.4, -0.2) is 12.7 Å². The SMILES string of the molecule is CCC(C)OCCCc1cc(=O)c2cc(I)ccc2o1. The van der Waals surface area contributed by atoms with Crippen LogP contribution in [0.3, 0.4) is 0 Å². The molecule has 3 nitrogen and oxygen atoms in total. The molecule has 2 rings (SSSR count). The zero-order valence-electron chi connectivity index (χ0n) is 11.8. The molecule has 0 amide bonds. The van der Waals surface area contributed by atoms with Crippen LogP contribution in [0.25, 0.3) is 11.0 Å². The van der Waals surface area contributed by atoms with Gasteiger partial charge < -0.3 is 9.15 Å². The largest absolute Gasteiger partial charge is 0.461 e. The molecule has 1 unspecified atom stereocenters. The van der Waals surface area contributed by atoms with Gasteiger partial charge in [0, 0.05) is 22.7 Å². The van der Waals surface area contributed by atoms with E-state index in [1.807, 2.05) is 18.2 Å². The lowest BCUT2D eigenvalue weighted by Crippen LogP contribution is -2.08. The summed E-state index contributed by atoms with van der Waals surface area (Å²) >= 11 is 2.19. The van der Waals surface area contributed by atoms with Crippen molar-refractivity contribution >= 4 is 33.6 Å². The van der Waals surface area contributed by atoms with E-state index in [2.05, 4.69) is 36.4 Å². The summed E-state index contributed by atoms with van der Waals surface area (Å²) in [5, 5.41) is 0.650. The summed E-state index contributed by atoms with van der Waals surface area (Å²) in [4.78, 5) is 12.0. The van der Waals surface area contributed by atoms with Crippen LogP contribution in [0.15, 0.2) is 33.5 Å². The molecule has 2 aromatic rings. The second-order valence-corrected chi connectivity index (χ2v) is 6.16. The van der Waals surface area contributed by atoms with Crippen molar-refractivity contribution in [1.82, 2.24) is 0 Å². The van der Waals surface area contributed by atoms with Gasteiger partial charge in [0.1, 0.15) is 11.3 Å². The minimum Gasteiger partial charge on any atom is -0.461 e. The van der Waals surface area contributed by atoms with E-state index in [4.69, 9.17) is 9.15 Å². The Morgan fingerprint density at radius 2 is 2.15 bits per heavy atom. The van der Waals surface area contributed by atoms with Crippen molar-refractivity contribution in [2.75, 3.05) is 6.61 Å². The Hall–Kier alpha value is -0.880. The van der Waals surface area contributed by atoms with Crippen LogP contribution < -0.4 is 5.43 Å². The maximum Gasteiger partial charge on any atom is 0.192 e. The minimum absolute atomic E-state index is 0.0302. The molecule has 1 aromatic carbocycles. The van der Waals surface area contributed by atoms with Crippen molar-refractivity contribution in [3.8, 4) is 0 Å². The Morgan fingerprint density at radius 3 is 2.90 bits per heavy atom. The molecule has 0 spiro atoms. The van der Waals surface area contributed by atoms with E-state index >= 15 is 0 Å². The molecule has 0 fully saturated rings. The lowest BCUT2D eigenvalue weighted by molar-refractivity contribution is 0.0615. The molecule has 0 aliphatic heterocycles. The van der Waals surface area contributed by atoms with E-state index in [9.17, 15) is 4.79 Å². The smallest absolute Gasteiger partial charge is 0.192 e. The molecule has 4 heteroatoms. The monoisotopic (exact) mass is 386 g/mol. The van der Waals surface area contributed by atoms with Crippen LogP contribution in [0.5, 0.6) is 0 Å². The minimum atomic E-state index is 0.0302. The summed E-state index contributed by atoms with van der Waals surface area (Å²) < 4.78 is 12.4. The normalized spacial score (nSPS) is 12.8. The maximum atomic E-state index is 12.0. The zero-order chi connectivity index (χ0) is 14.5. The third-order valence-electron chi connectivity index (χ3n) is 3.29. The van der Waals surface area contributed by atoms with Crippen LogP contribution in [0.4, 0.5) is 0 Å². The number of aryl methyl sites for hydroxylation is 1. The fourth-order valence-electron chi connectivity index (χ4n) is 1.95. The number of halogens is 1. The molecule has 20 heavy (non-hydrogen) atoms. The molecule has 0 bridgehead atoms. The Kier molecular flexibility index (Phi) is 5.60. The first-order chi connectivity index (χ1) is 9.60. The van der Waals surface area contributed by atoms with E-state index in [0.717, 1.165) is 28.6 Å². The van der Waals surface area contributed by atoms with Crippen LogP contribution in [-0.2, 0) is 11.2 Å². The number of hydrogen-bond donors (Lipinski definition) is 0. The Bertz CT molecular complexity index is 633. The second kappa shape index (κ2) is 7.22. The number of benzene rings is 1. The maximum absolute atomic E-state index is 12.0. The van der Waals surface area contributed by atoms with Gasteiger partial charge in [-0.2, -0.15) is 0 Å². The van der Waals surface area contributed by atoms with E-state index < -0.39 is 0 Å². The van der Waals surface area contributed by atoms with E-state index in [0.29, 0.717) is 23.7 Å². The molecule has 108 valence electrons. The molecule has 0 saturated carbocycles. The Balaban J connectivity index is 2.05. The van der Waals surface area contributed by atoms with Crippen LogP contribution in [0.2, 0.25) is 0 Å².